The molecule has 27 heavy (non-hydrogen) atoms. The van der Waals surface area contributed by atoms with E-state index in [1.807, 2.05) is 48.7 Å². The van der Waals surface area contributed by atoms with Crippen LogP contribution in [0.5, 0.6) is 0 Å². The van der Waals surface area contributed by atoms with E-state index in [0.29, 0.717) is 45.8 Å². The molecule has 0 saturated heterocycles. The minimum atomic E-state index is -0.198. The molecule has 0 aliphatic rings. The summed E-state index contributed by atoms with van der Waals surface area (Å²) < 4.78 is 7.38. The molecular formula is C20H36N4O3. The first-order valence-corrected chi connectivity index (χ1v) is 10.0. The summed E-state index contributed by atoms with van der Waals surface area (Å²) in [6.07, 6.45) is 4.66. The van der Waals surface area contributed by atoms with Gasteiger partial charge in [0.2, 0.25) is 5.91 Å². The monoisotopic (exact) mass is 380 g/mol. The summed E-state index contributed by atoms with van der Waals surface area (Å²) in [5, 5.41) is 2.80. The van der Waals surface area contributed by atoms with Crippen molar-refractivity contribution >= 4 is 11.9 Å². The summed E-state index contributed by atoms with van der Waals surface area (Å²) in [6, 6.07) is 3.80. The third-order valence-corrected chi connectivity index (χ3v) is 4.40. The lowest BCUT2D eigenvalue weighted by Gasteiger charge is -2.28. The Balaban J connectivity index is 2.75. The second-order valence-electron chi connectivity index (χ2n) is 6.59. The maximum atomic E-state index is 13.0. The number of carbonyl (C=O) groups excluding carboxylic acids is 2. The molecule has 1 N–H and O–H groups in total. The molecule has 0 bridgehead atoms. The molecule has 7 heteroatoms. The Bertz CT molecular complexity index is 559. The topological polar surface area (TPSA) is 66.8 Å². The summed E-state index contributed by atoms with van der Waals surface area (Å²) in [7, 11) is 1.98. The van der Waals surface area contributed by atoms with Crippen molar-refractivity contribution in [1.82, 2.24) is 19.7 Å². The van der Waals surface area contributed by atoms with Crippen molar-refractivity contribution in [3.05, 3.63) is 24.0 Å². The number of unbranched alkanes of at least 4 members (excludes halogenated alkanes) is 1. The van der Waals surface area contributed by atoms with E-state index in [4.69, 9.17) is 4.74 Å². The molecule has 0 aliphatic heterocycles. The number of nitrogens with one attached hydrogen (secondary N) is 1. The second kappa shape index (κ2) is 13.2. The molecule has 1 aromatic heterocycles. The summed E-state index contributed by atoms with van der Waals surface area (Å²) in [4.78, 5) is 28.8. The van der Waals surface area contributed by atoms with Crippen LogP contribution in [0, 0.1) is 0 Å². The molecule has 0 unspecified atom stereocenters. The van der Waals surface area contributed by atoms with Crippen LogP contribution in [0.25, 0.3) is 0 Å². The molecular weight excluding hydrogens is 344 g/mol. The molecule has 0 radical (unpaired) electrons. The molecule has 7 nitrogen and oxygen atoms in total. The summed E-state index contributed by atoms with van der Waals surface area (Å²) in [5.74, 6) is -0.0210. The molecule has 0 atom stereocenters. The Morgan fingerprint density at radius 1 is 1.15 bits per heavy atom. The van der Waals surface area contributed by atoms with Crippen LogP contribution < -0.4 is 5.32 Å². The number of rotatable bonds is 13. The molecule has 1 heterocycles. The van der Waals surface area contributed by atoms with Crippen LogP contribution in [0.1, 0.15) is 45.7 Å². The van der Waals surface area contributed by atoms with E-state index in [2.05, 4.69) is 12.2 Å². The van der Waals surface area contributed by atoms with Gasteiger partial charge in [0.05, 0.1) is 6.54 Å². The third-order valence-electron chi connectivity index (χ3n) is 4.40. The van der Waals surface area contributed by atoms with Crippen LogP contribution in [0.3, 0.4) is 0 Å². The summed E-state index contributed by atoms with van der Waals surface area (Å²) >= 11 is 0. The smallest absolute Gasteiger partial charge is 0.317 e. The first-order chi connectivity index (χ1) is 13.0. The largest absolute Gasteiger partial charge is 0.382 e. The molecule has 0 fully saturated rings. The van der Waals surface area contributed by atoms with Crippen molar-refractivity contribution in [3.63, 3.8) is 0 Å². The van der Waals surface area contributed by atoms with E-state index >= 15 is 0 Å². The van der Waals surface area contributed by atoms with Gasteiger partial charge in [0.15, 0.2) is 0 Å². The van der Waals surface area contributed by atoms with E-state index < -0.39 is 0 Å². The zero-order valence-electron chi connectivity index (χ0n) is 17.4. The van der Waals surface area contributed by atoms with Gasteiger partial charge in [-0.2, -0.15) is 0 Å². The molecule has 1 rings (SSSR count). The first kappa shape index (κ1) is 23.0. The van der Waals surface area contributed by atoms with E-state index in [0.717, 1.165) is 18.5 Å². The van der Waals surface area contributed by atoms with Gasteiger partial charge in [0.1, 0.15) is 6.54 Å². The third kappa shape index (κ3) is 8.47. The van der Waals surface area contributed by atoms with Gasteiger partial charge >= 0.3 is 6.03 Å². The molecule has 154 valence electrons. The highest BCUT2D eigenvalue weighted by Gasteiger charge is 2.21. The molecule has 3 amide bonds. The number of hydrogen-bond acceptors (Lipinski definition) is 3. The van der Waals surface area contributed by atoms with Crippen LogP contribution in [-0.4, -0.2) is 65.7 Å². The quantitative estimate of drug-likeness (QED) is 0.535. The molecule has 0 aliphatic carbocycles. The van der Waals surface area contributed by atoms with Crippen molar-refractivity contribution in [2.75, 3.05) is 39.4 Å². The predicted molar refractivity (Wildman–Crippen MR) is 107 cm³/mol. The van der Waals surface area contributed by atoms with E-state index in [9.17, 15) is 9.59 Å². The Labute approximate surface area is 163 Å². The maximum absolute atomic E-state index is 13.0. The molecule has 0 spiro atoms. The van der Waals surface area contributed by atoms with Crippen LogP contribution in [0.4, 0.5) is 4.79 Å². The second-order valence-corrected chi connectivity index (χ2v) is 6.59. The van der Waals surface area contributed by atoms with Gasteiger partial charge in [0, 0.05) is 51.8 Å². The minimum Gasteiger partial charge on any atom is -0.382 e. The average molecular weight is 381 g/mol. The summed E-state index contributed by atoms with van der Waals surface area (Å²) in [6.45, 7) is 9.56. The van der Waals surface area contributed by atoms with Crippen molar-refractivity contribution < 1.29 is 14.3 Å². The Hall–Kier alpha value is -2.02. The zero-order valence-corrected chi connectivity index (χ0v) is 17.4. The maximum Gasteiger partial charge on any atom is 0.317 e. The summed E-state index contributed by atoms with van der Waals surface area (Å²) in [5.41, 5.74) is 1.08. The lowest BCUT2D eigenvalue weighted by Crippen LogP contribution is -2.47. The van der Waals surface area contributed by atoms with Crippen molar-refractivity contribution in [3.8, 4) is 0 Å². The highest BCUT2D eigenvalue weighted by atomic mass is 16.5. The number of amides is 3. The SMILES string of the molecule is CCCCN(Cc1cccn1C)C(=O)CN(CCCOCC)C(=O)NCC. The fraction of sp³-hybridized carbons (Fsp3) is 0.700. The van der Waals surface area contributed by atoms with Gasteiger partial charge in [0.25, 0.3) is 0 Å². The Morgan fingerprint density at radius 3 is 2.48 bits per heavy atom. The van der Waals surface area contributed by atoms with Gasteiger partial charge in [-0.05, 0) is 38.8 Å². The highest BCUT2D eigenvalue weighted by molar-refractivity contribution is 5.84. The van der Waals surface area contributed by atoms with Crippen LogP contribution >= 0.6 is 0 Å². The van der Waals surface area contributed by atoms with Crippen molar-refractivity contribution in [2.45, 2.75) is 46.6 Å². The number of nitrogens with zero attached hydrogens (tertiary/aromatic N) is 3. The highest BCUT2D eigenvalue weighted by Crippen LogP contribution is 2.08. The van der Waals surface area contributed by atoms with Gasteiger partial charge in [-0.1, -0.05) is 13.3 Å². The lowest BCUT2D eigenvalue weighted by atomic mass is 10.2. The zero-order chi connectivity index (χ0) is 20.1. The minimum absolute atomic E-state index is 0.0210. The van der Waals surface area contributed by atoms with Crippen LogP contribution in [0.2, 0.25) is 0 Å². The normalized spacial score (nSPS) is 10.7. The van der Waals surface area contributed by atoms with E-state index in [-0.39, 0.29) is 18.5 Å². The van der Waals surface area contributed by atoms with Gasteiger partial charge < -0.3 is 24.4 Å². The van der Waals surface area contributed by atoms with Crippen LogP contribution in [-0.2, 0) is 23.1 Å². The van der Waals surface area contributed by atoms with Gasteiger partial charge in [-0.15, -0.1) is 0 Å². The van der Waals surface area contributed by atoms with Gasteiger partial charge in [-0.3, -0.25) is 4.79 Å². The number of hydrogen-bond donors (Lipinski definition) is 1. The average Bonchev–Trinajstić information content (AvgIpc) is 3.05. The predicted octanol–water partition coefficient (Wildman–Crippen LogP) is 2.61. The van der Waals surface area contributed by atoms with Gasteiger partial charge in [-0.25, -0.2) is 4.79 Å². The fourth-order valence-electron chi connectivity index (χ4n) is 2.78. The van der Waals surface area contributed by atoms with E-state index in [1.165, 1.54) is 0 Å². The van der Waals surface area contributed by atoms with Crippen molar-refractivity contribution in [2.24, 2.45) is 7.05 Å². The molecule has 0 saturated carbocycles. The number of ether oxygens (including phenoxy) is 1. The fourth-order valence-corrected chi connectivity index (χ4v) is 2.78. The Kier molecular flexibility index (Phi) is 11.2. The molecule has 0 aromatic carbocycles. The standard InChI is InChI=1S/C20H36N4O3/c1-5-8-13-23(16-18-11-9-12-22(18)4)19(25)17-24(20(26)21-6-2)14-10-15-27-7-3/h9,11-12H,5-8,10,13-17H2,1-4H3,(H,21,26). The Morgan fingerprint density at radius 2 is 1.89 bits per heavy atom. The number of urea groups is 1. The first-order valence-electron chi connectivity index (χ1n) is 10.0. The molecule has 1 aromatic rings. The van der Waals surface area contributed by atoms with Crippen molar-refractivity contribution in [1.29, 1.82) is 0 Å². The van der Waals surface area contributed by atoms with Crippen LogP contribution in [0.15, 0.2) is 18.3 Å². The number of aryl methyl sites for hydroxylation is 1. The lowest BCUT2D eigenvalue weighted by molar-refractivity contribution is -0.132. The number of aromatic nitrogens is 1. The number of carbonyl (C=O) groups is 2. The van der Waals surface area contributed by atoms with E-state index in [1.54, 1.807) is 4.90 Å².